The fraction of sp³-hybridized carbons (Fsp3) is 0.385. The van der Waals surface area contributed by atoms with E-state index in [0.29, 0.717) is 6.42 Å². The van der Waals surface area contributed by atoms with Crippen LogP contribution in [0.1, 0.15) is 31.7 Å². The van der Waals surface area contributed by atoms with Gasteiger partial charge in [-0.2, -0.15) is 0 Å². The highest BCUT2D eigenvalue weighted by atomic mass is 16.5. The molecule has 0 radical (unpaired) electrons. The van der Waals surface area contributed by atoms with Crippen LogP contribution in [0.5, 0.6) is 0 Å². The molecule has 19 heavy (non-hydrogen) atoms. The number of hydrogen-bond donors (Lipinski definition) is 4. The Hall–Kier alpha value is -2.08. The minimum absolute atomic E-state index is 0.00784. The monoisotopic (exact) mass is 264 g/mol. The van der Waals surface area contributed by atoms with Gasteiger partial charge in [-0.3, -0.25) is 10.0 Å². The van der Waals surface area contributed by atoms with Crippen LogP contribution in [0.2, 0.25) is 0 Å². The molecule has 0 aliphatic carbocycles. The molecule has 1 rings (SSSR count). The van der Waals surface area contributed by atoms with Crippen molar-refractivity contribution in [1.29, 1.82) is 0 Å². The second-order valence-electron chi connectivity index (χ2n) is 4.12. The SMILES string of the molecule is CCCCC(=O)Nc1ccccc1CN=C(N)NO. The van der Waals surface area contributed by atoms with Gasteiger partial charge in [0, 0.05) is 12.1 Å². The molecule has 0 saturated heterocycles. The Kier molecular flexibility index (Phi) is 6.38. The number of aliphatic imine (C=N–C) groups is 1. The number of nitrogens with two attached hydrogens (primary N) is 1. The summed E-state index contributed by atoms with van der Waals surface area (Å²) in [4.78, 5) is 15.6. The van der Waals surface area contributed by atoms with Gasteiger partial charge >= 0.3 is 0 Å². The number of amides is 1. The summed E-state index contributed by atoms with van der Waals surface area (Å²) >= 11 is 0. The number of para-hydroxylation sites is 1. The summed E-state index contributed by atoms with van der Waals surface area (Å²) in [6, 6.07) is 7.37. The number of nitrogens with one attached hydrogen (secondary N) is 2. The van der Waals surface area contributed by atoms with Gasteiger partial charge < -0.3 is 11.1 Å². The number of unbranched alkanes of at least 4 members (excludes halogenated alkanes) is 1. The first kappa shape index (κ1) is 15.0. The van der Waals surface area contributed by atoms with Gasteiger partial charge in [0.2, 0.25) is 11.9 Å². The number of rotatable bonds is 6. The van der Waals surface area contributed by atoms with Crippen LogP contribution in [0, 0.1) is 0 Å². The minimum Gasteiger partial charge on any atom is -0.368 e. The van der Waals surface area contributed by atoms with Crippen molar-refractivity contribution in [3.63, 3.8) is 0 Å². The standard InChI is InChI=1S/C13H20N4O2/c1-2-3-8-12(18)16-11-7-5-4-6-10(11)9-15-13(14)17-19/h4-7,19H,2-3,8-9H2,1H3,(H,16,18)(H3,14,15,17). The maximum Gasteiger partial charge on any atom is 0.224 e. The molecule has 1 aromatic rings. The van der Waals surface area contributed by atoms with E-state index in [4.69, 9.17) is 10.9 Å². The summed E-state index contributed by atoms with van der Waals surface area (Å²) in [6.45, 7) is 2.32. The predicted molar refractivity (Wildman–Crippen MR) is 74.8 cm³/mol. The Morgan fingerprint density at radius 2 is 2.16 bits per heavy atom. The van der Waals surface area contributed by atoms with Crippen LogP contribution < -0.4 is 16.5 Å². The smallest absolute Gasteiger partial charge is 0.224 e. The zero-order valence-electron chi connectivity index (χ0n) is 11.0. The average Bonchev–Trinajstić information content (AvgIpc) is 2.43. The molecule has 6 heteroatoms. The number of guanidine groups is 1. The highest BCUT2D eigenvalue weighted by molar-refractivity contribution is 5.91. The lowest BCUT2D eigenvalue weighted by atomic mass is 10.1. The van der Waals surface area contributed by atoms with Crippen molar-refractivity contribution in [2.24, 2.45) is 10.7 Å². The van der Waals surface area contributed by atoms with E-state index in [2.05, 4.69) is 10.3 Å². The van der Waals surface area contributed by atoms with Crippen molar-refractivity contribution in [3.05, 3.63) is 29.8 Å². The number of anilines is 1. The van der Waals surface area contributed by atoms with Crippen molar-refractivity contribution >= 4 is 17.6 Å². The van der Waals surface area contributed by atoms with E-state index < -0.39 is 0 Å². The molecule has 0 atom stereocenters. The van der Waals surface area contributed by atoms with E-state index in [1.807, 2.05) is 31.2 Å². The molecular formula is C13H20N4O2. The molecule has 0 aliphatic heterocycles. The molecule has 1 aromatic carbocycles. The third kappa shape index (κ3) is 5.39. The largest absolute Gasteiger partial charge is 0.368 e. The quantitative estimate of drug-likeness (QED) is 0.356. The summed E-state index contributed by atoms with van der Waals surface area (Å²) in [5.74, 6) is -0.0707. The fourth-order valence-electron chi connectivity index (χ4n) is 1.54. The molecule has 5 N–H and O–H groups in total. The fourth-order valence-corrected chi connectivity index (χ4v) is 1.54. The van der Waals surface area contributed by atoms with Gasteiger partial charge in [0.05, 0.1) is 6.54 Å². The highest BCUT2D eigenvalue weighted by Crippen LogP contribution is 2.16. The number of hydrogen-bond acceptors (Lipinski definition) is 3. The third-order valence-corrected chi connectivity index (χ3v) is 2.58. The highest BCUT2D eigenvalue weighted by Gasteiger charge is 2.05. The zero-order chi connectivity index (χ0) is 14.1. The molecule has 0 spiro atoms. The normalized spacial score (nSPS) is 11.2. The summed E-state index contributed by atoms with van der Waals surface area (Å²) in [5.41, 5.74) is 8.66. The van der Waals surface area contributed by atoms with Crippen LogP contribution >= 0.6 is 0 Å². The first-order valence-corrected chi connectivity index (χ1v) is 6.25. The Morgan fingerprint density at radius 1 is 1.42 bits per heavy atom. The van der Waals surface area contributed by atoms with Gasteiger partial charge in [0.15, 0.2) is 0 Å². The summed E-state index contributed by atoms with van der Waals surface area (Å²) in [7, 11) is 0. The number of nitrogens with zero attached hydrogens (tertiary/aromatic N) is 1. The molecule has 0 saturated carbocycles. The molecule has 0 unspecified atom stereocenters. The first-order chi connectivity index (χ1) is 9.17. The lowest BCUT2D eigenvalue weighted by Gasteiger charge is -2.09. The third-order valence-electron chi connectivity index (χ3n) is 2.58. The van der Waals surface area contributed by atoms with Crippen LogP contribution in [0.3, 0.4) is 0 Å². The topological polar surface area (TPSA) is 99.7 Å². The second kappa shape index (κ2) is 8.10. The lowest BCUT2D eigenvalue weighted by molar-refractivity contribution is -0.116. The number of carbonyl (C=O) groups excluding carboxylic acids is 1. The first-order valence-electron chi connectivity index (χ1n) is 6.25. The summed E-state index contributed by atoms with van der Waals surface area (Å²) < 4.78 is 0. The molecule has 0 aliphatic rings. The lowest BCUT2D eigenvalue weighted by Crippen LogP contribution is -2.28. The molecule has 0 heterocycles. The van der Waals surface area contributed by atoms with Crippen LogP contribution in [-0.2, 0) is 11.3 Å². The molecule has 104 valence electrons. The molecule has 0 fully saturated rings. The Morgan fingerprint density at radius 3 is 2.84 bits per heavy atom. The van der Waals surface area contributed by atoms with Gasteiger partial charge in [-0.25, -0.2) is 10.5 Å². The van der Waals surface area contributed by atoms with Crippen molar-refractivity contribution in [2.45, 2.75) is 32.7 Å². The Balaban J connectivity index is 2.70. The Labute approximate surface area is 112 Å². The van der Waals surface area contributed by atoms with E-state index in [1.165, 1.54) is 0 Å². The van der Waals surface area contributed by atoms with Crippen LogP contribution in [0.15, 0.2) is 29.3 Å². The maximum atomic E-state index is 11.7. The van der Waals surface area contributed by atoms with Gasteiger partial charge in [-0.05, 0) is 18.1 Å². The summed E-state index contributed by atoms with van der Waals surface area (Å²) in [6.07, 6.45) is 2.36. The summed E-state index contributed by atoms with van der Waals surface area (Å²) in [5, 5.41) is 11.4. The Bertz CT molecular complexity index is 446. The van der Waals surface area contributed by atoms with E-state index >= 15 is 0 Å². The van der Waals surface area contributed by atoms with Gasteiger partial charge in [0.25, 0.3) is 0 Å². The van der Waals surface area contributed by atoms with Gasteiger partial charge in [-0.15, -0.1) is 0 Å². The van der Waals surface area contributed by atoms with Gasteiger partial charge in [0.1, 0.15) is 0 Å². The number of benzene rings is 1. The number of carbonyl (C=O) groups is 1. The molecule has 1 amide bonds. The average molecular weight is 264 g/mol. The van der Waals surface area contributed by atoms with Crippen molar-refractivity contribution in [2.75, 3.05) is 5.32 Å². The molecule has 0 aromatic heterocycles. The van der Waals surface area contributed by atoms with Gasteiger partial charge in [-0.1, -0.05) is 31.5 Å². The molecule has 0 bridgehead atoms. The van der Waals surface area contributed by atoms with E-state index in [1.54, 1.807) is 5.48 Å². The van der Waals surface area contributed by atoms with Crippen LogP contribution in [0.4, 0.5) is 5.69 Å². The van der Waals surface area contributed by atoms with E-state index in [9.17, 15) is 4.79 Å². The van der Waals surface area contributed by atoms with Crippen molar-refractivity contribution < 1.29 is 10.0 Å². The zero-order valence-corrected chi connectivity index (χ0v) is 11.0. The molecule has 6 nitrogen and oxygen atoms in total. The molecular weight excluding hydrogens is 244 g/mol. The van der Waals surface area contributed by atoms with Crippen molar-refractivity contribution in [1.82, 2.24) is 5.48 Å². The maximum absolute atomic E-state index is 11.7. The van der Waals surface area contributed by atoms with E-state index in [-0.39, 0.29) is 18.4 Å². The van der Waals surface area contributed by atoms with Crippen LogP contribution in [-0.4, -0.2) is 17.1 Å². The minimum atomic E-state index is -0.0629. The van der Waals surface area contributed by atoms with Crippen molar-refractivity contribution in [3.8, 4) is 0 Å². The number of hydroxylamine groups is 1. The van der Waals surface area contributed by atoms with E-state index in [0.717, 1.165) is 24.1 Å². The van der Waals surface area contributed by atoms with Crippen LogP contribution in [0.25, 0.3) is 0 Å². The predicted octanol–water partition coefficient (Wildman–Crippen LogP) is 1.61. The second-order valence-corrected chi connectivity index (χ2v) is 4.12.